The van der Waals surface area contributed by atoms with E-state index in [2.05, 4.69) is 10.3 Å². The highest BCUT2D eigenvalue weighted by Gasteiger charge is 2.42. The summed E-state index contributed by atoms with van der Waals surface area (Å²) in [6, 6.07) is 3.04. The Morgan fingerprint density at radius 3 is 3.10 bits per heavy atom. The molecule has 2 fully saturated rings. The van der Waals surface area contributed by atoms with Crippen molar-refractivity contribution in [1.82, 2.24) is 14.8 Å². The molecule has 6 heteroatoms. The van der Waals surface area contributed by atoms with Gasteiger partial charge in [-0.25, -0.2) is 4.79 Å². The zero-order valence-electron chi connectivity index (χ0n) is 12.2. The van der Waals surface area contributed by atoms with Crippen molar-refractivity contribution in [3.05, 3.63) is 24.5 Å². The Morgan fingerprint density at radius 1 is 1.52 bits per heavy atom. The summed E-state index contributed by atoms with van der Waals surface area (Å²) < 4.78 is 0. The van der Waals surface area contributed by atoms with Gasteiger partial charge in [0.05, 0.1) is 11.9 Å². The van der Waals surface area contributed by atoms with Crippen LogP contribution in [0, 0.1) is 5.92 Å². The van der Waals surface area contributed by atoms with Crippen molar-refractivity contribution >= 4 is 17.6 Å². The molecule has 0 aromatic carbocycles. The number of nitrogens with one attached hydrogen (secondary N) is 1. The molecule has 2 saturated heterocycles. The second-order valence-corrected chi connectivity index (χ2v) is 5.65. The molecule has 2 aliphatic rings. The molecular weight excluding hydrogens is 268 g/mol. The maximum atomic E-state index is 12.4. The number of hydrogen-bond acceptors (Lipinski definition) is 3. The highest BCUT2D eigenvalue weighted by atomic mass is 16.2. The van der Waals surface area contributed by atoms with Gasteiger partial charge in [0.15, 0.2) is 0 Å². The number of rotatable bonds is 2. The molecule has 1 aromatic rings. The Balaban J connectivity index is 1.73. The van der Waals surface area contributed by atoms with E-state index >= 15 is 0 Å². The second kappa shape index (κ2) is 5.71. The molecule has 0 radical (unpaired) electrons. The summed E-state index contributed by atoms with van der Waals surface area (Å²) in [5.74, 6) is 0.602. The third-order valence-corrected chi connectivity index (χ3v) is 4.34. The lowest BCUT2D eigenvalue weighted by Crippen LogP contribution is -2.60. The maximum absolute atomic E-state index is 12.4. The molecule has 1 N–H and O–H groups in total. The first-order chi connectivity index (χ1) is 10.2. The molecule has 21 heavy (non-hydrogen) atoms. The fourth-order valence-electron chi connectivity index (χ4n) is 3.21. The van der Waals surface area contributed by atoms with E-state index in [-0.39, 0.29) is 18.0 Å². The third-order valence-electron chi connectivity index (χ3n) is 4.34. The van der Waals surface area contributed by atoms with Crippen LogP contribution in [0.2, 0.25) is 0 Å². The van der Waals surface area contributed by atoms with E-state index in [1.165, 1.54) is 0 Å². The number of amides is 3. The second-order valence-electron chi connectivity index (χ2n) is 5.65. The number of urea groups is 1. The zero-order valence-corrected chi connectivity index (χ0v) is 12.2. The van der Waals surface area contributed by atoms with Gasteiger partial charge in [-0.1, -0.05) is 0 Å². The number of pyridine rings is 1. The lowest BCUT2D eigenvalue weighted by molar-refractivity contribution is -0.143. The fraction of sp³-hybridized carbons (Fsp3) is 0.533. The molecule has 6 nitrogen and oxygen atoms in total. The summed E-state index contributed by atoms with van der Waals surface area (Å²) in [6.07, 6.45) is 5.01. The smallest absolute Gasteiger partial charge is 0.322 e. The van der Waals surface area contributed by atoms with Gasteiger partial charge in [-0.3, -0.25) is 9.78 Å². The van der Waals surface area contributed by atoms with E-state index in [0.717, 1.165) is 19.4 Å². The molecule has 2 aliphatic heterocycles. The third kappa shape index (κ3) is 2.70. The molecule has 0 spiro atoms. The minimum atomic E-state index is -0.311. The average Bonchev–Trinajstić information content (AvgIpc) is 2.52. The predicted octanol–water partition coefficient (Wildman–Crippen LogP) is 1.56. The van der Waals surface area contributed by atoms with Crippen LogP contribution in [0.25, 0.3) is 0 Å². The first-order valence-corrected chi connectivity index (χ1v) is 7.45. The first-order valence-electron chi connectivity index (χ1n) is 7.45. The van der Waals surface area contributed by atoms with Crippen molar-refractivity contribution in [2.45, 2.75) is 25.8 Å². The molecule has 0 unspecified atom stereocenters. The van der Waals surface area contributed by atoms with Crippen LogP contribution >= 0.6 is 0 Å². The number of piperidine rings is 2. The number of likely N-dealkylation sites (tertiary alicyclic amines) is 2. The van der Waals surface area contributed by atoms with E-state index in [4.69, 9.17) is 0 Å². The quantitative estimate of drug-likeness (QED) is 0.898. The summed E-state index contributed by atoms with van der Waals surface area (Å²) in [4.78, 5) is 32.4. The molecule has 3 heterocycles. The predicted molar refractivity (Wildman–Crippen MR) is 78.7 cm³/mol. The summed E-state index contributed by atoms with van der Waals surface area (Å²) in [5, 5.41) is 2.82. The Bertz CT molecular complexity index is 534. The SMILES string of the molecule is CCN1C[C@H]2CCN(C(=O)Nc3cccnc3)[C@H](C2)C1=O. The Kier molecular flexibility index (Phi) is 3.77. The van der Waals surface area contributed by atoms with Crippen molar-refractivity contribution in [1.29, 1.82) is 0 Å². The molecule has 0 aliphatic carbocycles. The Labute approximate surface area is 124 Å². The van der Waals surface area contributed by atoms with Crippen LogP contribution in [0.15, 0.2) is 24.5 Å². The summed E-state index contributed by atoms with van der Waals surface area (Å²) >= 11 is 0. The van der Waals surface area contributed by atoms with E-state index in [0.29, 0.717) is 24.7 Å². The normalized spacial score (nSPS) is 24.9. The lowest BCUT2D eigenvalue weighted by atomic mass is 9.86. The molecule has 112 valence electrons. The van der Waals surface area contributed by atoms with Gasteiger partial charge in [0.2, 0.25) is 5.91 Å². The van der Waals surface area contributed by atoms with Gasteiger partial charge in [0.25, 0.3) is 0 Å². The number of nitrogens with zero attached hydrogens (tertiary/aromatic N) is 3. The van der Waals surface area contributed by atoms with Crippen LogP contribution in [-0.2, 0) is 4.79 Å². The summed E-state index contributed by atoms with van der Waals surface area (Å²) in [5.41, 5.74) is 0.653. The Hall–Kier alpha value is -2.11. The van der Waals surface area contributed by atoms with Gasteiger partial charge in [-0.05, 0) is 37.8 Å². The molecule has 0 saturated carbocycles. The van der Waals surface area contributed by atoms with Gasteiger partial charge in [-0.2, -0.15) is 0 Å². The Morgan fingerprint density at radius 2 is 2.38 bits per heavy atom. The number of fused-ring (bicyclic) bond motifs is 2. The standard InChI is InChI=1S/C15H20N4O2/c1-2-18-10-11-5-7-19(13(8-11)14(18)20)15(21)17-12-4-3-6-16-9-12/h3-4,6,9,11,13H,2,5,7-8,10H2,1H3,(H,17,21)/t11-,13+/m0/s1. The number of anilines is 1. The first kappa shape index (κ1) is 13.9. The van der Waals surface area contributed by atoms with Crippen LogP contribution in [-0.4, -0.2) is 52.4 Å². The van der Waals surface area contributed by atoms with Crippen molar-refractivity contribution in [2.24, 2.45) is 5.92 Å². The van der Waals surface area contributed by atoms with Crippen LogP contribution in [0.3, 0.4) is 0 Å². The number of carbonyl (C=O) groups excluding carboxylic acids is 2. The molecule has 1 aromatic heterocycles. The van der Waals surface area contributed by atoms with Gasteiger partial charge >= 0.3 is 6.03 Å². The topological polar surface area (TPSA) is 65.5 Å². The van der Waals surface area contributed by atoms with E-state index in [1.807, 2.05) is 11.8 Å². The highest BCUT2D eigenvalue weighted by molar-refractivity contribution is 5.94. The van der Waals surface area contributed by atoms with E-state index in [9.17, 15) is 9.59 Å². The van der Waals surface area contributed by atoms with Crippen molar-refractivity contribution in [2.75, 3.05) is 25.0 Å². The summed E-state index contributed by atoms with van der Waals surface area (Å²) in [7, 11) is 0. The van der Waals surface area contributed by atoms with Crippen molar-refractivity contribution in [3.63, 3.8) is 0 Å². The van der Waals surface area contributed by atoms with Gasteiger partial charge in [0.1, 0.15) is 6.04 Å². The van der Waals surface area contributed by atoms with Crippen LogP contribution in [0.4, 0.5) is 10.5 Å². The number of aromatic nitrogens is 1. The van der Waals surface area contributed by atoms with Crippen LogP contribution in [0.1, 0.15) is 19.8 Å². The largest absolute Gasteiger partial charge is 0.341 e. The fourth-order valence-corrected chi connectivity index (χ4v) is 3.21. The number of carbonyl (C=O) groups is 2. The molecule has 3 rings (SSSR count). The van der Waals surface area contributed by atoms with E-state index < -0.39 is 0 Å². The van der Waals surface area contributed by atoms with Crippen LogP contribution < -0.4 is 5.32 Å². The lowest BCUT2D eigenvalue weighted by Gasteiger charge is -2.46. The zero-order chi connectivity index (χ0) is 14.8. The molecule has 2 bridgehead atoms. The number of likely N-dealkylation sites (N-methyl/N-ethyl adjacent to an activating group) is 1. The average molecular weight is 288 g/mol. The van der Waals surface area contributed by atoms with Gasteiger partial charge < -0.3 is 15.1 Å². The van der Waals surface area contributed by atoms with Crippen LogP contribution in [0.5, 0.6) is 0 Å². The van der Waals surface area contributed by atoms with Gasteiger partial charge in [0, 0.05) is 25.8 Å². The molecular formula is C15H20N4O2. The monoisotopic (exact) mass is 288 g/mol. The maximum Gasteiger partial charge on any atom is 0.322 e. The van der Waals surface area contributed by atoms with Crippen molar-refractivity contribution in [3.8, 4) is 0 Å². The number of hydrogen-bond donors (Lipinski definition) is 1. The van der Waals surface area contributed by atoms with Crippen molar-refractivity contribution < 1.29 is 9.59 Å². The molecule has 3 amide bonds. The van der Waals surface area contributed by atoms with Gasteiger partial charge in [-0.15, -0.1) is 0 Å². The summed E-state index contributed by atoms with van der Waals surface area (Å²) in [6.45, 7) is 4.18. The molecule has 2 atom stereocenters. The highest BCUT2D eigenvalue weighted by Crippen LogP contribution is 2.30. The van der Waals surface area contributed by atoms with E-state index in [1.54, 1.807) is 29.4 Å². The minimum Gasteiger partial charge on any atom is -0.341 e. The minimum absolute atomic E-state index is 0.0785.